The molecular formula is C30H34F5N7O. The van der Waals surface area contributed by atoms with E-state index in [2.05, 4.69) is 25.1 Å². The Balaban J connectivity index is 1.53. The monoisotopic (exact) mass is 603 g/mol. The third-order valence-electron chi connectivity index (χ3n) is 8.30. The zero-order valence-electron chi connectivity index (χ0n) is 24.4. The molecule has 0 spiro atoms. The molecule has 0 bridgehead atoms. The molecule has 2 saturated heterocycles. The normalized spacial score (nSPS) is 20.4. The summed E-state index contributed by atoms with van der Waals surface area (Å²) in [5, 5.41) is 2.56. The number of rotatable bonds is 5. The SMILES string of the molecule is C[C@@H]1CN(c2cc(F)c(-c3cnc(N4CCN(C)CC4)nc3)cc2NC(=O)c2ccc(F)cc2C(F)(F)F)C[C@@H](C)N1C. The predicted octanol–water partition coefficient (Wildman–Crippen LogP) is 4.97. The number of piperazine rings is 2. The molecule has 2 aliphatic heterocycles. The van der Waals surface area contributed by atoms with E-state index in [0.29, 0.717) is 30.3 Å². The number of benzene rings is 2. The number of anilines is 3. The van der Waals surface area contributed by atoms with Gasteiger partial charge in [-0.3, -0.25) is 9.69 Å². The van der Waals surface area contributed by atoms with E-state index >= 15 is 4.39 Å². The van der Waals surface area contributed by atoms with Crippen molar-refractivity contribution in [2.75, 3.05) is 68.5 Å². The predicted molar refractivity (Wildman–Crippen MR) is 155 cm³/mol. The lowest BCUT2D eigenvalue weighted by Crippen LogP contribution is -2.55. The number of alkyl halides is 3. The second kappa shape index (κ2) is 12.0. The molecule has 3 aromatic rings. The molecule has 0 aliphatic carbocycles. The molecule has 0 saturated carbocycles. The Morgan fingerprint density at radius 3 is 2.14 bits per heavy atom. The smallest absolute Gasteiger partial charge is 0.367 e. The summed E-state index contributed by atoms with van der Waals surface area (Å²) in [6, 6.07) is 4.71. The first-order chi connectivity index (χ1) is 20.3. The van der Waals surface area contributed by atoms with Gasteiger partial charge in [0.2, 0.25) is 5.95 Å². The summed E-state index contributed by atoms with van der Waals surface area (Å²) >= 11 is 0. The van der Waals surface area contributed by atoms with Crippen LogP contribution < -0.4 is 15.1 Å². The maximum absolute atomic E-state index is 15.8. The number of likely N-dealkylation sites (N-methyl/N-ethyl adjacent to an activating group) is 2. The van der Waals surface area contributed by atoms with Gasteiger partial charge in [0.15, 0.2) is 0 Å². The molecule has 1 amide bonds. The van der Waals surface area contributed by atoms with Crippen molar-refractivity contribution < 1.29 is 26.7 Å². The third kappa shape index (κ3) is 6.57. The number of aromatic nitrogens is 2. The van der Waals surface area contributed by atoms with E-state index in [9.17, 15) is 22.4 Å². The van der Waals surface area contributed by atoms with Gasteiger partial charge in [-0.15, -0.1) is 0 Å². The fourth-order valence-corrected chi connectivity index (χ4v) is 5.52. The molecule has 2 aromatic carbocycles. The van der Waals surface area contributed by atoms with E-state index < -0.39 is 34.8 Å². The standard InChI is InChI=1S/C30H34F5N7O/c1-18-16-42(17-19(2)40(18)4)27-13-25(32)23(20-14-36-29(37-15-20)41-9-7-39(3)8-10-41)12-26(27)38-28(43)22-6-5-21(31)11-24(22)30(33,34)35/h5-6,11-15,18-19H,7-10,16-17H2,1-4H3,(H,38,43)/t18-,19-/m1/s1. The highest BCUT2D eigenvalue weighted by Crippen LogP contribution is 2.37. The van der Waals surface area contributed by atoms with Crippen LogP contribution in [-0.4, -0.2) is 91.1 Å². The number of amides is 1. The van der Waals surface area contributed by atoms with Crippen molar-refractivity contribution in [3.63, 3.8) is 0 Å². The Kier molecular flexibility index (Phi) is 8.57. The van der Waals surface area contributed by atoms with Crippen LogP contribution in [-0.2, 0) is 6.18 Å². The minimum Gasteiger partial charge on any atom is -0.367 e. The molecule has 230 valence electrons. The van der Waals surface area contributed by atoms with Crippen molar-refractivity contribution in [2.45, 2.75) is 32.1 Å². The minimum absolute atomic E-state index is 0.0781. The number of carbonyl (C=O) groups excluding carboxylic acids is 1. The van der Waals surface area contributed by atoms with Gasteiger partial charge in [0.25, 0.3) is 5.91 Å². The number of nitrogens with one attached hydrogen (secondary N) is 1. The van der Waals surface area contributed by atoms with Crippen LogP contribution >= 0.6 is 0 Å². The number of hydrogen-bond donors (Lipinski definition) is 1. The summed E-state index contributed by atoms with van der Waals surface area (Å²) in [4.78, 5) is 30.5. The van der Waals surface area contributed by atoms with E-state index in [-0.39, 0.29) is 29.4 Å². The Morgan fingerprint density at radius 2 is 1.53 bits per heavy atom. The van der Waals surface area contributed by atoms with Crippen LogP contribution in [0.25, 0.3) is 11.1 Å². The van der Waals surface area contributed by atoms with Crippen LogP contribution in [0.4, 0.5) is 39.3 Å². The van der Waals surface area contributed by atoms with E-state index in [4.69, 9.17) is 0 Å². The average Bonchev–Trinajstić information content (AvgIpc) is 2.96. The van der Waals surface area contributed by atoms with Crippen LogP contribution in [0, 0.1) is 11.6 Å². The molecule has 8 nitrogen and oxygen atoms in total. The summed E-state index contributed by atoms with van der Waals surface area (Å²) in [6.45, 7) is 8.24. The van der Waals surface area contributed by atoms with Gasteiger partial charge in [0.1, 0.15) is 11.6 Å². The largest absolute Gasteiger partial charge is 0.417 e. The lowest BCUT2D eigenvalue weighted by atomic mass is 10.0. The van der Waals surface area contributed by atoms with Crippen LogP contribution in [0.5, 0.6) is 0 Å². The average molecular weight is 604 g/mol. The van der Waals surface area contributed by atoms with Gasteiger partial charge in [-0.2, -0.15) is 13.2 Å². The Hall–Kier alpha value is -3.84. The van der Waals surface area contributed by atoms with Gasteiger partial charge in [0.05, 0.1) is 22.5 Å². The topological polar surface area (TPSA) is 67.8 Å². The Labute approximate surface area is 247 Å². The van der Waals surface area contributed by atoms with Crippen molar-refractivity contribution >= 4 is 23.2 Å². The molecule has 0 radical (unpaired) electrons. The quantitative estimate of drug-likeness (QED) is 0.413. The number of carbonyl (C=O) groups is 1. The van der Waals surface area contributed by atoms with Gasteiger partial charge in [-0.1, -0.05) is 0 Å². The highest BCUT2D eigenvalue weighted by molar-refractivity contribution is 6.07. The molecule has 5 rings (SSSR count). The second-order valence-electron chi connectivity index (χ2n) is 11.3. The molecule has 3 heterocycles. The molecule has 2 aliphatic rings. The summed E-state index contributed by atoms with van der Waals surface area (Å²) in [7, 11) is 4.02. The zero-order chi connectivity index (χ0) is 31.1. The van der Waals surface area contributed by atoms with Crippen LogP contribution in [0.3, 0.4) is 0 Å². The van der Waals surface area contributed by atoms with Crippen LogP contribution in [0.1, 0.15) is 29.8 Å². The van der Waals surface area contributed by atoms with Crippen molar-refractivity contribution in [3.8, 4) is 11.1 Å². The van der Waals surface area contributed by atoms with Gasteiger partial charge < -0.3 is 20.0 Å². The maximum atomic E-state index is 15.8. The Bertz CT molecular complexity index is 1460. The maximum Gasteiger partial charge on any atom is 0.417 e. The van der Waals surface area contributed by atoms with Crippen molar-refractivity contribution in [1.82, 2.24) is 19.8 Å². The lowest BCUT2D eigenvalue weighted by molar-refractivity contribution is -0.138. The summed E-state index contributed by atoms with van der Waals surface area (Å²) in [5.41, 5.74) is -1.28. The number of hydrogen-bond acceptors (Lipinski definition) is 7. The lowest BCUT2D eigenvalue weighted by Gasteiger charge is -2.44. The van der Waals surface area contributed by atoms with Gasteiger partial charge in [-0.25, -0.2) is 18.7 Å². The van der Waals surface area contributed by atoms with E-state index in [0.717, 1.165) is 38.3 Å². The van der Waals surface area contributed by atoms with Crippen LogP contribution in [0.15, 0.2) is 42.7 Å². The Morgan fingerprint density at radius 1 is 0.907 bits per heavy atom. The molecule has 43 heavy (non-hydrogen) atoms. The summed E-state index contributed by atoms with van der Waals surface area (Å²) in [5.74, 6) is -2.29. The fraction of sp³-hybridized carbons (Fsp3) is 0.433. The van der Waals surface area contributed by atoms with E-state index in [1.807, 2.05) is 37.7 Å². The molecule has 0 unspecified atom stereocenters. The minimum atomic E-state index is -4.96. The number of nitrogens with zero attached hydrogens (tertiary/aromatic N) is 6. The molecule has 2 fully saturated rings. The van der Waals surface area contributed by atoms with E-state index in [1.54, 1.807) is 0 Å². The molecule has 1 N–H and O–H groups in total. The van der Waals surface area contributed by atoms with Gasteiger partial charge in [-0.05, 0) is 58.3 Å². The molecular weight excluding hydrogens is 569 g/mol. The zero-order valence-corrected chi connectivity index (χ0v) is 24.4. The second-order valence-corrected chi connectivity index (χ2v) is 11.3. The molecule has 2 atom stereocenters. The van der Waals surface area contributed by atoms with E-state index in [1.165, 1.54) is 24.5 Å². The van der Waals surface area contributed by atoms with Crippen molar-refractivity contribution in [2.24, 2.45) is 0 Å². The molecule has 1 aromatic heterocycles. The highest BCUT2D eigenvalue weighted by Gasteiger charge is 2.36. The first kappa shape index (κ1) is 30.6. The summed E-state index contributed by atoms with van der Waals surface area (Å²) < 4.78 is 70.6. The first-order valence-electron chi connectivity index (χ1n) is 14.1. The highest BCUT2D eigenvalue weighted by atomic mass is 19.4. The van der Waals surface area contributed by atoms with Crippen LogP contribution in [0.2, 0.25) is 0 Å². The number of halogens is 5. The molecule has 13 heteroatoms. The van der Waals surface area contributed by atoms with Gasteiger partial charge >= 0.3 is 6.18 Å². The summed E-state index contributed by atoms with van der Waals surface area (Å²) in [6.07, 6.45) is -1.98. The van der Waals surface area contributed by atoms with Crippen molar-refractivity contribution in [3.05, 3.63) is 65.5 Å². The third-order valence-corrected chi connectivity index (χ3v) is 8.30. The van der Waals surface area contributed by atoms with Crippen molar-refractivity contribution in [1.29, 1.82) is 0 Å². The fourth-order valence-electron chi connectivity index (χ4n) is 5.52. The van der Waals surface area contributed by atoms with Gasteiger partial charge in [0, 0.05) is 74.9 Å². The first-order valence-corrected chi connectivity index (χ1v) is 14.1.